The van der Waals surface area contributed by atoms with E-state index >= 15 is 0 Å². The molecule has 196 valence electrons. The molecule has 0 aromatic heterocycles. The van der Waals surface area contributed by atoms with E-state index in [9.17, 15) is 9.90 Å². The molecule has 0 unspecified atom stereocenters. The van der Waals surface area contributed by atoms with Gasteiger partial charge >= 0.3 is 5.97 Å². The van der Waals surface area contributed by atoms with Crippen molar-refractivity contribution in [2.45, 2.75) is 37.9 Å². The SMILES string of the molecule is C[C@@]1(O)C/C(=N/N=C(c2ccccc2)c2ccccc2)[C@@H](C(=O)OCc2ccccc2)[C@H](c2ccccc2)C1. The van der Waals surface area contributed by atoms with E-state index in [0.29, 0.717) is 17.8 Å². The summed E-state index contributed by atoms with van der Waals surface area (Å²) in [6.45, 7) is 1.97. The molecular formula is C34H32N2O3. The molecule has 0 saturated heterocycles. The highest BCUT2D eigenvalue weighted by Gasteiger charge is 2.45. The van der Waals surface area contributed by atoms with Gasteiger partial charge in [0, 0.05) is 23.5 Å². The summed E-state index contributed by atoms with van der Waals surface area (Å²) in [4.78, 5) is 13.7. The molecule has 0 radical (unpaired) electrons. The molecule has 5 rings (SSSR count). The lowest BCUT2D eigenvalue weighted by Gasteiger charge is -2.39. The van der Waals surface area contributed by atoms with E-state index in [1.54, 1.807) is 6.92 Å². The van der Waals surface area contributed by atoms with Crippen molar-refractivity contribution in [1.82, 2.24) is 0 Å². The summed E-state index contributed by atoms with van der Waals surface area (Å²) < 4.78 is 5.84. The molecule has 4 aromatic carbocycles. The Morgan fingerprint density at radius 2 is 1.33 bits per heavy atom. The molecule has 1 aliphatic carbocycles. The van der Waals surface area contributed by atoms with E-state index in [1.165, 1.54) is 0 Å². The van der Waals surface area contributed by atoms with Crippen molar-refractivity contribution in [3.05, 3.63) is 144 Å². The molecule has 1 fully saturated rings. The van der Waals surface area contributed by atoms with Crippen molar-refractivity contribution in [2.24, 2.45) is 16.1 Å². The van der Waals surface area contributed by atoms with E-state index in [-0.39, 0.29) is 24.9 Å². The first kappa shape index (κ1) is 26.3. The average molecular weight is 517 g/mol. The number of hydrogen-bond acceptors (Lipinski definition) is 5. The molecule has 4 aromatic rings. The van der Waals surface area contributed by atoms with Gasteiger partial charge in [-0.25, -0.2) is 0 Å². The third kappa shape index (κ3) is 6.57. The summed E-state index contributed by atoms with van der Waals surface area (Å²) in [5.41, 5.74) is 3.87. The van der Waals surface area contributed by atoms with E-state index < -0.39 is 11.5 Å². The number of esters is 1. The number of hydrogen-bond donors (Lipinski definition) is 1. The lowest BCUT2D eigenvalue weighted by Crippen LogP contribution is -2.45. The van der Waals surface area contributed by atoms with Crippen molar-refractivity contribution in [3.8, 4) is 0 Å². The van der Waals surface area contributed by atoms with Gasteiger partial charge < -0.3 is 9.84 Å². The van der Waals surface area contributed by atoms with Crippen molar-refractivity contribution in [3.63, 3.8) is 0 Å². The van der Waals surface area contributed by atoms with E-state index in [0.717, 1.165) is 22.3 Å². The second-order valence-electron chi connectivity index (χ2n) is 10.2. The average Bonchev–Trinajstić information content (AvgIpc) is 2.97. The van der Waals surface area contributed by atoms with Gasteiger partial charge in [0.15, 0.2) is 0 Å². The monoisotopic (exact) mass is 516 g/mol. The Morgan fingerprint density at radius 3 is 1.90 bits per heavy atom. The van der Waals surface area contributed by atoms with Gasteiger partial charge in [-0.3, -0.25) is 4.79 Å². The minimum atomic E-state index is -1.05. The summed E-state index contributed by atoms with van der Waals surface area (Å²) >= 11 is 0. The van der Waals surface area contributed by atoms with E-state index in [1.807, 2.05) is 121 Å². The predicted octanol–water partition coefficient (Wildman–Crippen LogP) is 6.57. The van der Waals surface area contributed by atoms with Crippen LogP contribution in [0.4, 0.5) is 0 Å². The first-order valence-electron chi connectivity index (χ1n) is 13.2. The molecule has 39 heavy (non-hydrogen) atoms. The van der Waals surface area contributed by atoms with Crippen LogP contribution in [-0.2, 0) is 16.1 Å². The van der Waals surface area contributed by atoms with Gasteiger partial charge in [0.05, 0.1) is 11.3 Å². The maximum atomic E-state index is 13.7. The molecule has 0 aliphatic heterocycles. The first-order valence-corrected chi connectivity index (χ1v) is 13.2. The van der Waals surface area contributed by atoms with Crippen LogP contribution in [0.3, 0.4) is 0 Å². The number of rotatable bonds is 7. The molecule has 1 aliphatic rings. The molecular weight excluding hydrogens is 484 g/mol. The number of carbonyl (C=O) groups is 1. The standard InChI is InChI=1S/C34H32N2O3/c1-34(38)22-29(26-16-8-3-9-17-26)31(33(37)39-24-25-14-6-2-7-15-25)30(23-34)35-36-32(27-18-10-4-11-19-27)28-20-12-5-13-21-28/h2-21,29,31,38H,22-24H2,1H3/b35-30-/t29-,31-,34-/m0/s1. The smallest absolute Gasteiger partial charge is 0.315 e. The summed E-state index contributed by atoms with van der Waals surface area (Å²) in [6, 6.07) is 39.2. The Hall–Kier alpha value is -4.35. The fraction of sp³-hybridized carbons (Fsp3) is 0.206. The van der Waals surface area contributed by atoms with Crippen molar-refractivity contribution in [2.75, 3.05) is 0 Å². The van der Waals surface area contributed by atoms with Gasteiger partial charge in [-0.15, -0.1) is 5.10 Å². The van der Waals surface area contributed by atoms with Gasteiger partial charge in [-0.05, 0) is 24.5 Å². The molecule has 1 N–H and O–H groups in total. The highest BCUT2D eigenvalue weighted by molar-refractivity contribution is 6.13. The molecule has 0 bridgehead atoms. The zero-order valence-corrected chi connectivity index (χ0v) is 22.0. The van der Waals surface area contributed by atoms with Crippen LogP contribution in [0.2, 0.25) is 0 Å². The molecule has 3 atom stereocenters. The lowest BCUT2D eigenvalue weighted by molar-refractivity contribution is -0.149. The fourth-order valence-corrected chi connectivity index (χ4v) is 5.21. The summed E-state index contributed by atoms with van der Waals surface area (Å²) in [7, 11) is 0. The van der Waals surface area contributed by atoms with Gasteiger partial charge in [-0.1, -0.05) is 121 Å². The molecule has 1 saturated carbocycles. The summed E-state index contributed by atoms with van der Waals surface area (Å²) in [5, 5.41) is 20.7. The van der Waals surface area contributed by atoms with Crippen molar-refractivity contribution in [1.29, 1.82) is 0 Å². The maximum Gasteiger partial charge on any atom is 0.315 e. The fourth-order valence-electron chi connectivity index (χ4n) is 5.21. The Bertz CT molecular complexity index is 1390. The lowest BCUT2D eigenvalue weighted by atomic mass is 9.68. The number of ether oxygens (including phenoxy) is 1. The second-order valence-corrected chi connectivity index (χ2v) is 10.2. The van der Waals surface area contributed by atoms with E-state index in [4.69, 9.17) is 14.9 Å². The zero-order chi connectivity index (χ0) is 27.1. The number of benzene rings is 4. The molecule has 0 heterocycles. The molecule has 5 heteroatoms. The second kappa shape index (κ2) is 12.0. The number of nitrogens with zero attached hydrogens (tertiary/aromatic N) is 2. The first-order chi connectivity index (χ1) is 19.0. The molecule has 5 nitrogen and oxygen atoms in total. The third-order valence-corrected chi connectivity index (χ3v) is 7.06. The van der Waals surface area contributed by atoms with Crippen LogP contribution < -0.4 is 0 Å². The quantitative estimate of drug-likeness (QED) is 0.172. The number of aliphatic hydroxyl groups is 1. The van der Waals surface area contributed by atoms with Crippen molar-refractivity contribution < 1.29 is 14.6 Å². The normalized spacial score (nSPS) is 21.7. The minimum absolute atomic E-state index is 0.171. The van der Waals surface area contributed by atoms with Crippen LogP contribution in [0.5, 0.6) is 0 Å². The van der Waals surface area contributed by atoms with Gasteiger partial charge in [0.1, 0.15) is 18.2 Å². The Morgan fingerprint density at radius 1 is 0.821 bits per heavy atom. The largest absolute Gasteiger partial charge is 0.460 e. The predicted molar refractivity (Wildman–Crippen MR) is 155 cm³/mol. The van der Waals surface area contributed by atoms with Crippen LogP contribution in [-0.4, -0.2) is 28.1 Å². The Balaban J connectivity index is 1.57. The number of carbonyl (C=O) groups excluding carboxylic acids is 1. The van der Waals surface area contributed by atoms with Gasteiger partial charge in [0.2, 0.25) is 0 Å². The molecule has 0 spiro atoms. The van der Waals surface area contributed by atoms with Crippen LogP contribution >= 0.6 is 0 Å². The van der Waals surface area contributed by atoms with Crippen LogP contribution in [0.15, 0.2) is 132 Å². The van der Waals surface area contributed by atoms with Crippen molar-refractivity contribution >= 4 is 17.4 Å². The van der Waals surface area contributed by atoms with Gasteiger partial charge in [-0.2, -0.15) is 5.10 Å². The Labute approximate surface area is 229 Å². The van der Waals surface area contributed by atoms with Crippen LogP contribution in [0.1, 0.15) is 47.9 Å². The summed E-state index contributed by atoms with van der Waals surface area (Å²) in [5.74, 6) is -1.34. The third-order valence-electron chi connectivity index (χ3n) is 7.06. The molecule has 0 amide bonds. The minimum Gasteiger partial charge on any atom is -0.460 e. The maximum absolute atomic E-state index is 13.7. The zero-order valence-electron chi connectivity index (χ0n) is 22.0. The van der Waals surface area contributed by atoms with Crippen LogP contribution in [0, 0.1) is 5.92 Å². The highest BCUT2D eigenvalue weighted by atomic mass is 16.5. The highest BCUT2D eigenvalue weighted by Crippen LogP contribution is 2.42. The van der Waals surface area contributed by atoms with Crippen LogP contribution in [0.25, 0.3) is 0 Å². The van der Waals surface area contributed by atoms with Gasteiger partial charge in [0.25, 0.3) is 0 Å². The van der Waals surface area contributed by atoms with E-state index in [2.05, 4.69) is 0 Å². The Kier molecular flexibility index (Phi) is 8.09. The summed E-state index contributed by atoms with van der Waals surface area (Å²) in [6.07, 6.45) is 0.636. The topological polar surface area (TPSA) is 71.2 Å².